The fraction of sp³-hybridized carbons (Fsp3) is 0. The molecular formula is C51H31N5O. The van der Waals surface area contributed by atoms with Gasteiger partial charge >= 0.3 is 0 Å². The standard InChI is InChI=1S/C51H31N5O/c1-4-15-32(16-5-1)49-52-50(33-17-6-2-7-18-33)54-51(53-49)34-27-28-38-47(29-34)57-46-26-14-25-43(48(38)46)56-42-24-13-11-22-37(42)40-30-44-39(31-45(40)56)36-21-10-12-23-41(36)55(44)35-19-8-3-9-20-35/h1-31H. The van der Waals surface area contributed by atoms with Gasteiger partial charge in [0.1, 0.15) is 11.2 Å². The third-order valence-corrected chi connectivity index (χ3v) is 11.2. The second kappa shape index (κ2) is 12.3. The summed E-state index contributed by atoms with van der Waals surface area (Å²) in [6.45, 7) is 0. The topological polar surface area (TPSA) is 61.7 Å². The van der Waals surface area contributed by atoms with Crippen LogP contribution in [0.1, 0.15) is 0 Å². The van der Waals surface area contributed by atoms with Gasteiger partial charge in [0, 0.05) is 49.3 Å². The van der Waals surface area contributed by atoms with E-state index in [1.165, 1.54) is 32.6 Å². The highest BCUT2D eigenvalue weighted by atomic mass is 16.3. The number of hydrogen-bond acceptors (Lipinski definition) is 4. The van der Waals surface area contributed by atoms with Crippen molar-refractivity contribution >= 4 is 65.6 Å². The Labute approximate surface area is 326 Å². The van der Waals surface area contributed by atoms with Crippen LogP contribution in [0.3, 0.4) is 0 Å². The van der Waals surface area contributed by atoms with Crippen molar-refractivity contribution in [2.75, 3.05) is 0 Å². The lowest BCUT2D eigenvalue weighted by Crippen LogP contribution is -2.00. The Hall–Kier alpha value is -7.83. The maximum atomic E-state index is 6.70. The zero-order chi connectivity index (χ0) is 37.5. The van der Waals surface area contributed by atoms with Crippen LogP contribution in [0.4, 0.5) is 0 Å². The van der Waals surface area contributed by atoms with E-state index in [1.807, 2.05) is 60.7 Å². The molecule has 0 bridgehead atoms. The Kier molecular flexibility index (Phi) is 6.83. The van der Waals surface area contributed by atoms with Crippen molar-refractivity contribution in [3.05, 3.63) is 188 Å². The van der Waals surface area contributed by atoms with E-state index in [-0.39, 0.29) is 0 Å². The first kappa shape index (κ1) is 31.5. The van der Waals surface area contributed by atoms with E-state index in [1.54, 1.807) is 0 Å². The van der Waals surface area contributed by atoms with Gasteiger partial charge in [-0.25, -0.2) is 15.0 Å². The van der Waals surface area contributed by atoms with Crippen LogP contribution >= 0.6 is 0 Å². The molecule has 57 heavy (non-hydrogen) atoms. The van der Waals surface area contributed by atoms with E-state index >= 15 is 0 Å². The lowest BCUT2D eigenvalue weighted by molar-refractivity contribution is 0.669. The number of fused-ring (bicyclic) bond motifs is 9. The third kappa shape index (κ3) is 4.87. The number of hydrogen-bond donors (Lipinski definition) is 0. The van der Waals surface area contributed by atoms with Crippen molar-refractivity contribution in [2.24, 2.45) is 0 Å². The molecule has 0 aliphatic carbocycles. The quantitative estimate of drug-likeness (QED) is 0.177. The zero-order valence-corrected chi connectivity index (χ0v) is 30.5. The van der Waals surface area contributed by atoms with Crippen molar-refractivity contribution in [1.29, 1.82) is 0 Å². The predicted octanol–water partition coefficient (Wildman–Crippen LogP) is 13.0. The first-order valence-corrected chi connectivity index (χ1v) is 19.1. The van der Waals surface area contributed by atoms with Crippen molar-refractivity contribution in [1.82, 2.24) is 24.1 Å². The van der Waals surface area contributed by atoms with Gasteiger partial charge in [-0.1, -0.05) is 127 Å². The van der Waals surface area contributed by atoms with Crippen LogP contribution in [0.5, 0.6) is 0 Å². The predicted molar refractivity (Wildman–Crippen MR) is 232 cm³/mol. The number of benzene rings is 8. The maximum Gasteiger partial charge on any atom is 0.164 e. The highest BCUT2D eigenvalue weighted by Crippen LogP contribution is 2.42. The molecule has 12 aromatic rings. The number of nitrogens with zero attached hydrogens (tertiary/aromatic N) is 5. The molecule has 6 heteroatoms. The van der Waals surface area contributed by atoms with Crippen molar-refractivity contribution in [3.63, 3.8) is 0 Å². The van der Waals surface area contributed by atoms with Crippen LogP contribution in [0.2, 0.25) is 0 Å². The molecule has 12 rings (SSSR count). The average Bonchev–Trinajstić information content (AvgIpc) is 3.93. The minimum Gasteiger partial charge on any atom is -0.456 e. The van der Waals surface area contributed by atoms with E-state index in [4.69, 9.17) is 19.4 Å². The van der Waals surface area contributed by atoms with E-state index in [0.29, 0.717) is 17.5 Å². The van der Waals surface area contributed by atoms with Gasteiger partial charge in [0.05, 0.1) is 33.1 Å². The molecule has 0 aliphatic heterocycles. The second-order valence-corrected chi connectivity index (χ2v) is 14.4. The van der Waals surface area contributed by atoms with Gasteiger partial charge in [0.25, 0.3) is 0 Å². The summed E-state index contributed by atoms with van der Waals surface area (Å²) < 4.78 is 11.5. The van der Waals surface area contributed by atoms with Gasteiger partial charge in [-0.05, 0) is 60.7 Å². The normalized spacial score (nSPS) is 11.9. The van der Waals surface area contributed by atoms with Crippen molar-refractivity contribution < 1.29 is 4.42 Å². The van der Waals surface area contributed by atoms with E-state index in [9.17, 15) is 0 Å². The molecule has 266 valence electrons. The smallest absolute Gasteiger partial charge is 0.164 e. The molecule has 8 aromatic carbocycles. The van der Waals surface area contributed by atoms with Crippen LogP contribution in [0, 0.1) is 0 Å². The first-order chi connectivity index (χ1) is 28.3. The van der Waals surface area contributed by atoms with Gasteiger partial charge in [-0.2, -0.15) is 0 Å². The Morgan fingerprint density at radius 2 is 0.860 bits per heavy atom. The first-order valence-electron chi connectivity index (χ1n) is 19.1. The summed E-state index contributed by atoms with van der Waals surface area (Å²) in [5, 5.41) is 6.91. The molecule has 4 aromatic heterocycles. The lowest BCUT2D eigenvalue weighted by atomic mass is 10.1. The fourth-order valence-electron chi connectivity index (χ4n) is 8.62. The van der Waals surface area contributed by atoms with Crippen LogP contribution in [-0.4, -0.2) is 24.1 Å². The van der Waals surface area contributed by atoms with E-state index < -0.39 is 0 Å². The van der Waals surface area contributed by atoms with Crippen LogP contribution in [0.25, 0.3) is 111 Å². The van der Waals surface area contributed by atoms with Gasteiger partial charge in [0.15, 0.2) is 17.5 Å². The fourth-order valence-corrected chi connectivity index (χ4v) is 8.62. The molecule has 4 heterocycles. The number of aromatic nitrogens is 5. The molecule has 6 nitrogen and oxygen atoms in total. The zero-order valence-electron chi connectivity index (χ0n) is 30.5. The Balaban J connectivity index is 1.08. The lowest BCUT2D eigenvalue weighted by Gasteiger charge is -2.10. The molecular weight excluding hydrogens is 699 g/mol. The van der Waals surface area contributed by atoms with Crippen LogP contribution < -0.4 is 0 Å². The van der Waals surface area contributed by atoms with Gasteiger partial charge in [-0.15, -0.1) is 0 Å². The van der Waals surface area contributed by atoms with E-state index in [0.717, 1.165) is 61.0 Å². The van der Waals surface area contributed by atoms with Gasteiger partial charge in [0.2, 0.25) is 0 Å². The Morgan fingerprint density at radius 3 is 1.49 bits per heavy atom. The SMILES string of the molecule is c1ccc(-c2nc(-c3ccccc3)nc(-c3ccc4c(c3)oc3cccc(-n5c6ccccc6c6cc7c(cc65)c5ccccc5n7-c5ccccc5)c34)n2)cc1. The summed E-state index contributed by atoms with van der Waals surface area (Å²) in [7, 11) is 0. The van der Waals surface area contributed by atoms with Crippen LogP contribution in [-0.2, 0) is 0 Å². The molecule has 0 unspecified atom stereocenters. The van der Waals surface area contributed by atoms with Crippen molar-refractivity contribution in [2.45, 2.75) is 0 Å². The minimum atomic E-state index is 0.589. The summed E-state index contributed by atoms with van der Waals surface area (Å²) in [6, 6.07) is 65.6. The number of para-hydroxylation sites is 3. The summed E-state index contributed by atoms with van der Waals surface area (Å²) in [5.41, 5.74) is 11.2. The molecule has 0 aliphatic rings. The molecule has 0 spiro atoms. The maximum absolute atomic E-state index is 6.70. The number of rotatable bonds is 5. The summed E-state index contributed by atoms with van der Waals surface area (Å²) in [6.07, 6.45) is 0. The second-order valence-electron chi connectivity index (χ2n) is 14.4. The minimum absolute atomic E-state index is 0.589. The van der Waals surface area contributed by atoms with E-state index in [2.05, 4.69) is 137 Å². The van der Waals surface area contributed by atoms with Crippen LogP contribution in [0.15, 0.2) is 192 Å². The molecule has 0 fully saturated rings. The Bertz CT molecular complexity index is 3450. The molecule has 0 saturated carbocycles. The Morgan fingerprint density at radius 1 is 0.333 bits per heavy atom. The summed E-state index contributed by atoms with van der Waals surface area (Å²) in [5.74, 6) is 1.84. The highest BCUT2D eigenvalue weighted by molar-refractivity contribution is 6.20. The molecule has 0 atom stereocenters. The third-order valence-electron chi connectivity index (χ3n) is 11.2. The van der Waals surface area contributed by atoms with Crippen molar-refractivity contribution in [3.8, 4) is 45.5 Å². The average molecular weight is 730 g/mol. The van der Waals surface area contributed by atoms with Gasteiger partial charge < -0.3 is 13.6 Å². The summed E-state index contributed by atoms with van der Waals surface area (Å²) in [4.78, 5) is 14.9. The molecule has 0 amide bonds. The largest absolute Gasteiger partial charge is 0.456 e. The summed E-state index contributed by atoms with van der Waals surface area (Å²) >= 11 is 0. The van der Waals surface area contributed by atoms with Gasteiger partial charge in [-0.3, -0.25) is 0 Å². The molecule has 0 N–H and O–H groups in total. The molecule has 0 radical (unpaired) electrons. The number of furan rings is 1. The monoisotopic (exact) mass is 729 g/mol. The molecule has 0 saturated heterocycles. The highest BCUT2D eigenvalue weighted by Gasteiger charge is 2.22.